The van der Waals surface area contributed by atoms with Crippen LogP contribution in [0, 0.1) is 5.82 Å². The van der Waals surface area contributed by atoms with Gasteiger partial charge in [-0.2, -0.15) is 5.10 Å². The number of aromatic carboxylic acids is 1. The van der Waals surface area contributed by atoms with E-state index < -0.39 is 11.8 Å². The summed E-state index contributed by atoms with van der Waals surface area (Å²) < 4.78 is 14.5. The predicted molar refractivity (Wildman–Crippen MR) is 55.5 cm³/mol. The number of benzene rings is 1. The molecule has 1 heterocycles. The van der Waals surface area contributed by atoms with E-state index in [1.165, 1.54) is 24.4 Å². The van der Waals surface area contributed by atoms with E-state index >= 15 is 0 Å². The van der Waals surface area contributed by atoms with E-state index in [4.69, 9.17) is 16.7 Å². The summed E-state index contributed by atoms with van der Waals surface area (Å²) in [5, 5.41) is 12.4. The summed E-state index contributed by atoms with van der Waals surface area (Å²) in [4.78, 5) is 10.7. The fraction of sp³-hybridized carbons (Fsp3) is 0. The fourth-order valence-corrected chi connectivity index (χ4v) is 1.47. The maximum Gasteiger partial charge on any atom is 0.357 e. The van der Waals surface area contributed by atoms with Gasteiger partial charge in [-0.1, -0.05) is 23.7 Å². The zero-order valence-electron chi connectivity index (χ0n) is 7.89. The number of carboxylic acid groups (broad SMARTS) is 1. The van der Waals surface area contributed by atoms with Crippen LogP contribution in [0.1, 0.15) is 10.5 Å². The van der Waals surface area contributed by atoms with Crippen LogP contribution in [0.4, 0.5) is 4.39 Å². The fourth-order valence-electron chi connectivity index (χ4n) is 1.26. The molecule has 0 radical (unpaired) electrons. The number of carboxylic acids is 1. The van der Waals surface area contributed by atoms with Crippen molar-refractivity contribution in [2.24, 2.45) is 0 Å². The zero-order chi connectivity index (χ0) is 11.7. The lowest BCUT2D eigenvalue weighted by molar-refractivity contribution is 0.0690. The molecule has 1 aromatic heterocycles. The topological polar surface area (TPSA) is 55.1 Å². The summed E-state index contributed by atoms with van der Waals surface area (Å²) in [6.07, 6.45) is 1.25. The standard InChI is InChI=1S/C10H6ClFN2O2/c11-6-5-14(13-9(6)10(15)16)8-4-2-1-3-7(8)12/h1-5H,(H,15,16). The minimum Gasteiger partial charge on any atom is -0.476 e. The summed E-state index contributed by atoms with van der Waals surface area (Å²) in [7, 11) is 0. The maximum atomic E-state index is 13.4. The molecular formula is C10H6ClFN2O2. The second-order valence-electron chi connectivity index (χ2n) is 3.03. The van der Waals surface area contributed by atoms with Crippen molar-refractivity contribution >= 4 is 17.6 Å². The Morgan fingerprint density at radius 2 is 2.12 bits per heavy atom. The van der Waals surface area contributed by atoms with Crippen LogP contribution in [-0.4, -0.2) is 20.9 Å². The van der Waals surface area contributed by atoms with Crippen LogP contribution in [0.2, 0.25) is 5.02 Å². The molecule has 0 unspecified atom stereocenters. The first-order valence-electron chi connectivity index (χ1n) is 4.33. The van der Waals surface area contributed by atoms with Gasteiger partial charge in [0.05, 0.1) is 11.2 Å². The number of hydrogen-bond donors (Lipinski definition) is 1. The average Bonchev–Trinajstić information content (AvgIpc) is 2.61. The average molecular weight is 241 g/mol. The maximum absolute atomic E-state index is 13.4. The van der Waals surface area contributed by atoms with Crippen LogP contribution < -0.4 is 0 Å². The number of para-hydroxylation sites is 1. The van der Waals surface area contributed by atoms with Gasteiger partial charge in [0, 0.05) is 0 Å². The van der Waals surface area contributed by atoms with Gasteiger partial charge >= 0.3 is 5.97 Å². The summed E-state index contributed by atoms with van der Waals surface area (Å²) in [6.45, 7) is 0. The molecule has 0 aliphatic carbocycles. The van der Waals surface area contributed by atoms with Crippen LogP contribution in [-0.2, 0) is 0 Å². The third-order valence-corrected chi connectivity index (χ3v) is 2.25. The zero-order valence-corrected chi connectivity index (χ0v) is 8.65. The van der Waals surface area contributed by atoms with Crippen molar-refractivity contribution in [3.05, 3.63) is 47.0 Å². The monoisotopic (exact) mass is 240 g/mol. The number of hydrogen-bond acceptors (Lipinski definition) is 2. The Morgan fingerprint density at radius 1 is 1.44 bits per heavy atom. The molecule has 6 heteroatoms. The van der Waals surface area contributed by atoms with Crippen LogP contribution in [0.25, 0.3) is 5.69 Å². The van der Waals surface area contributed by atoms with Gasteiger partial charge in [-0.25, -0.2) is 13.9 Å². The highest BCUT2D eigenvalue weighted by atomic mass is 35.5. The summed E-state index contributed by atoms with van der Waals surface area (Å²) in [6, 6.07) is 5.88. The Labute approximate surface area is 94.9 Å². The van der Waals surface area contributed by atoms with E-state index in [-0.39, 0.29) is 16.4 Å². The second kappa shape index (κ2) is 3.94. The number of aromatic nitrogens is 2. The van der Waals surface area contributed by atoms with Crippen LogP contribution in [0.3, 0.4) is 0 Å². The van der Waals surface area contributed by atoms with E-state index in [2.05, 4.69) is 5.10 Å². The van der Waals surface area contributed by atoms with Gasteiger partial charge in [-0.3, -0.25) is 0 Å². The van der Waals surface area contributed by atoms with Gasteiger partial charge in [0.2, 0.25) is 0 Å². The third-order valence-electron chi connectivity index (χ3n) is 1.97. The smallest absolute Gasteiger partial charge is 0.357 e. The molecule has 0 bridgehead atoms. The number of halogens is 2. The molecule has 0 amide bonds. The van der Waals surface area contributed by atoms with Gasteiger partial charge in [0.1, 0.15) is 11.5 Å². The lowest BCUT2D eigenvalue weighted by atomic mass is 10.3. The molecule has 0 saturated heterocycles. The summed E-state index contributed by atoms with van der Waals surface area (Å²) >= 11 is 5.66. The molecule has 2 aromatic rings. The molecule has 16 heavy (non-hydrogen) atoms. The van der Waals surface area contributed by atoms with E-state index in [9.17, 15) is 9.18 Å². The Hall–Kier alpha value is -1.88. The van der Waals surface area contributed by atoms with Crippen molar-refractivity contribution in [3.63, 3.8) is 0 Å². The van der Waals surface area contributed by atoms with Crippen LogP contribution >= 0.6 is 11.6 Å². The third kappa shape index (κ3) is 1.77. The molecule has 0 aliphatic heterocycles. The quantitative estimate of drug-likeness (QED) is 0.877. The van der Waals surface area contributed by atoms with Crippen molar-refractivity contribution in [1.82, 2.24) is 9.78 Å². The highest BCUT2D eigenvalue weighted by Crippen LogP contribution is 2.18. The highest BCUT2D eigenvalue weighted by Gasteiger charge is 2.15. The van der Waals surface area contributed by atoms with E-state index in [0.717, 1.165) is 4.68 Å². The van der Waals surface area contributed by atoms with Crippen molar-refractivity contribution < 1.29 is 14.3 Å². The molecule has 0 spiro atoms. The largest absolute Gasteiger partial charge is 0.476 e. The minimum atomic E-state index is -1.25. The number of rotatable bonds is 2. The minimum absolute atomic E-state index is 0.0317. The Kier molecular flexibility index (Phi) is 2.62. The first-order valence-corrected chi connectivity index (χ1v) is 4.71. The molecule has 0 atom stereocenters. The van der Waals surface area contributed by atoms with Crippen molar-refractivity contribution in [3.8, 4) is 5.69 Å². The molecule has 1 aromatic carbocycles. The first kappa shape index (κ1) is 10.6. The van der Waals surface area contributed by atoms with Gasteiger partial charge in [0.15, 0.2) is 5.69 Å². The van der Waals surface area contributed by atoms with Crippen molar-refractivity contribution in [1.29, 1.82) is 0 Å². The number of carbonyl (C=O) groups is 1. The second-order valence-corrected chi connectivity index (χ2v) is 3.43. The lowest BCUT2D eigenvalue weighted by Crippen LogP contribution is -2.02. The molecule has 0 saturated carbocycles. The van der Waals surface area contributed by atoms with Gasteiger partial charge in [-0.15, -0.1) is 0 Å². The van der Waals surface area contributed by atoms with Crippen LogP contribution in [0.15, 0.2) is 30.5 Å². The van der Waals surface area contributed by atoms with Gasteiger partial charge < -0.3 is 5.11 Å². The van der Waals surface area contributed by atoms with Crippen molar-refractivity contribution in [2.75, 3.05) is 0 Å². The molecule has 1 N–H and O–H groups in total. The van der Waals surface area contributed by atoms with Crippen molar-refractivity contribution in [2.45, 2.75) is 0 Å². The molecule has 0 aliphatic rings. The normalized spacial score (nSPS) is 10.4. The predicted octanol–water partition coefficient (Wildman–Crippen LogP) is 2.36. The molecule has 2 rings (SSSR count). The first-order chi connectivity index (χ1) is 7.59. The Bertz CT molecular complexity index is 554. The Balaban J connectivity index is 2.54. The lowest BCUT2D eigenvalue weighted by Gasteiger charge is -2.01. The molecule has 82 valence electrons. The van der Waals surface area contributed by atoms with Gasteiger partial charge in [-0.05, 0) is 12.1 Å². The highest BCUT2D eigenvalue weighted by molar-refractivity contribution is 6.33. The van der Waals surface area contributed by atoms with Crippen LogP contribution in [0.5, 0.6) is 0 Å². The van der Waals surface area contributed by atoms with E-state index in [1.54, 1.807) is 6.07 Å². The van der Waals surface area contributed by atoms with Gasteiger partial charge in [0.25, 0.3) is 0 Å². The Morgan fingerprint density at radius 3 is 2.69 bits per heavy atom. The molecule has 4 nitrogen and oxygen atoms in total. The summed E-state index contributed by atoms with van der Waals surface area (Å²) in [5.41, 5.74) is -0.151. The number of nitrogens with zero attached hydrogens (tertiary/aromatic N) is 2. The molecule has 0 fully saturated rings. The summed E-state index contributed by atoms with van der Waals surface area (Å²) in [5.74, 6) is -1.75. The SMILES string of the molecule is O=C(O)c1nn(-c2ccccc2F)cc1Cl. The molecular weight excluding hydrogens is 235 g/mol. The van der Waals surface area contributed by atoms with E-state index in [1.807, 2.05) is 0 Å². The van der Waals surface area contributed by atoms with E-state index in [0.29, 0.717) is 0 Å².